The molecule has 0 aliphatic carbocycles. The smallest absolute Gasteiger partial charge is 0.324 e. The first-order chi connectivity index (χ1) is 5.65. The van der Waals surface area contributed by atoms with Crippen LogP contribution in [0.5, 0.6) is 0 Å². The normalized spacial score (nSPS) is 19.7. The third-order valence-corrected chi connectivity index (χ3v) is 2.80. The molecule has 0 aromatic rings. The van der Waals surface area contributed by atoms with E-state index in [-0.39, 0.29) is 18.5 Å². The standard InChI is InChI=1S/C7H11BrN2O2/c1-5(2-8)4-10-6(11)3-9-7(10)12/h5H,2-4H2,1H3,(H,9,12). The van der Waals surface area contributed by atoms with Crippen molar-refractivity contribution in [2.24, 2.45) is 5.92 Å². The van der Waals surface area contributed by atoms with Gasteiger partial charge in [0.15, 0.2) is 0 Å². The quantitative estimate of drug-likeness (QED) is 0.574. The van der Waals surface area contributed by atoms with Crippen LogP contribution in [0.2, 0.25) is 0 Å². The van der Waals surface area contributed by atoms with Crippen LogP contribution in [0.15, 0.2) is 0 Å². The van der Waals surface area contributed by atoms with E-state index in [1.165, 1.54) is 4.90 Å². The van der Waals surface area contributed by atoms with Crippen molar-refractivity contribution in [2.45, 2.75) is 6.92 Å². The summed E-state index contributed by atoms with van der Waals surface area (Å²) in [5.41, 5.74) is 0. The van der Waals surface area contributed by atoms with Gasteiger partial charge < -0.3 is 5.32 Å². The first-order valence-electron chi connectivity index (χ1n) is 3.79. The molecule has 4 nitrogen and oxygen atoms in total. The van der Waals surface area contributed by atoms with E-state index in [0.29, 0.717) is 12.5 Å². The Morgan fingerprint density at radius 3 is 2.75 bits per heavy atom. The van der Waals surface area contributed by atoms with Gasteiger partial charge in [0, 0.05) is 11.9 Å². The second-order valence-corrected chi connectivity index (χ2v) is 3.57. The Kier molecular flexibility index (Phi) is 3.08. The number of nitrogens with one attached hydrogen (secondary N) is 1. The average Bonchev–Trinajstić information content (AvgIpc) is 2.35. The third-order valence-electron chi connectivity index (χ3n) is 1.69. The number of carbonyl (C=O) groups excluding carboxylic acids is 2. The first kappa shape index (κ1) is 9.51. The highest BCUT2D eigenvalue weighted by atomic mass is 79.9. The summed E-state index contributed by atoms with van der Waals surface area (Å²) in [5.74, 6) is 0.172. The van der Waals surface area contributed by atoms with Crippen molar-refractivity contribution in [3.8, 4) is 0 Å². The fourth-order valence-corrected chi connectivity index (χ4v) is 1.21. The van der Waals surface area contributed by atoms with Gasteiger partial charge in [-0.25, -0.2) is 4.79 Å². The molecule has 0 bridgehead atoms. The second-order valence-electron chi connectivity index (χ2n) is 2.92. The average molecular weight is 235 g/mol. The highest BCUT2D eigenvalue weighted by Crippen LogP contribution is 2.06. The number of alkyl halides is 1. The van der Waals surface area contributed by atoms with Crippen molar-refractivity contribution in [2.75, 3.05) is 18.4 Å². The molecule has 3 amide bonds. The van der Waals surface area contributed by atoms with Gasteiger partial charge in [0.25, 0.3) is 0 Å². The number of hydrogen-bond donors (Lipinski definition) is 1. The number of hydrogen-bond acceptors (Lipinski definition) is 2. The fourth-order valence-electron chi connectivity index (χ4n) is 1.00. The molecular weight excluding hydrogens is 224 g/mol. The van der Waals surface area contributed by atoms with E-state index in [2.05, 4.69) is 21.2 Å². The minimum absolute atomic E-state index is 0.132. The van der Waals surface area contributed by atoms with Gasteiger partial charge in [-0.2, -0.15) is 0 Å². The summed E-state index contributed by atoms with van der Waals surface area (Å²) in [5, 5.41) is 3.27. The van der Waals surface area contributed by atoms with Crippen LogP contribution >= 0.6 is 15.9 Å². The number of rotatable bonds is 3. The molecule has 1 rings (SSSR count). The first-order valence-corrected chi connectivity index (χ1v) is 4.91. The summed E-state index contributed by atoms with van der Waals surface area (Å²) < 4.78 is 0. The van der Waals surface area contributed by atoms with Gasteiger partial charge in [-0.15, -0.1) is 0 Å². The van der Waals surface area contributed by atoms with Crippen LogP contribution in [-0.4, -0.2) is 35.3 Å². The summed E-state index contributed by atoms with van der Waals surface area (Å²) in [6.07, 6.45) is 0. The molecule has 1 heterocycles. The molecule has 0 spiro atoms. The topological polar surface area (TPSA) is 49.4 Å². The molecule has 0 aromatic carbocycles. The lowest BCUT2D eigenvalue weighted by molar-refractivity contribution is -0.125. The van der Waals surface area contributed by atoms with Crippen LogP contribution in [0.25, 0.3) is 0 Å². The molecule has 1 saturated heterocycles. The summed E-state index contributed by atoms with van der Waals surface area (Å²) in [4.78, 5) is 23.3. The van der Waals surface area contributed by atoms with E-state index in [0.717, 1.165) is 5.33 Å². The highest BCUT2D eigenvalue weighted by molar-refractivity contribution is 9.09. The van der Waals surface area contributed by atoms with Crippen LogP contribution < -0.4 is 5.32 Å². The molecule has 1 N–H and O–H groups in total. The van der Waals surface area contributed by atoms with Crippen molar-refractivity contribution >= 4 is 27.9 Å². The van der Waals surface area contributed by atoms with E-state index >= 15 is 0 Å². The molecule has 68 valence electrons. The Balaban J connectivity index is 2.50. The van der Waals surface area contributed by atoms with Gasteiger partial charge in [-0.05, 0) is 5.92 Å². The van der Waals surface area contributed by atoms with Gasteiger partial charge >= 0.3 is 6.03 Å². The minimum Gasteiger partial charge on any atom is -0.329 e. The Labute approximate surface area is 79.4 Å². The van der Waals surface area contributed by atoms with Gasteiger partial charge in [-0.3, -0.25) is 9.69 Å². The van der Waals surface area contributed by atoms with Crippen molar-refractivity contribution in [1.82, 2.24) is 10.2 Å². The number of amides is 3. The molecule has 5 heteroatoms. The maximum Gasteiger partial charge on any atom is 0.324 e. The summed E-state index contributed by atoms with van der Waals surface area (Å²) in [7, 11) is 0. The molecule has 0 radical (unpaired) electrons. The summed E-state index contributed by atoms with van der Waals surface area (Å²) >= 11 is 3.29. The highest BCUT2D eigenvalue weighted by Gasteiger charge is 2.28. The molecule has 1 unspecified atom stereocenters. The third kappa shape index (κ3) is 1.97. The van der Waals surface area contributed by atoms with E-state index in [9.17, 15) is 9.59 Å². The lowest BCUT2D eigenvalue weighted by Crippen LogP contribution is -2.35. The Morgan fingerprint density at radius 1 is 1.67 bits per heavy atom. The predicted molar refractivity (Wildman–Crippen MR) is 48.1 cm³/mol. The van der Waals surface area contributed by atoms with Crippen molar-refractivity contribution in [1.29, 1.82) is 0 Å². The van der Waals surface area contributed by atoms with Crippen LogP contribution in [0.1, 0.15) is 6.92 Å². The SMILES string of the molecule is CC(CBr)CN1C(=O)CNC1=O. The number of carbonyl (C=O) groups is 2. The Hall–Kier alpha value is -0.580. The van der Waals surface area contributed by atoms with E-state index < -0.39 is 0 Å². The van der Waals surface area contributed by atoms with Crippen LogP contribution in [-0.2, 0) is 4.79 Å². The molecule has 0 aromatic heterocycles. The monoisotopic (exact) mass is 234 g/mol. The van der Waals surface area contributed by atoms with Gasteiger partial charge in [0.1, 0.15) is 0 Å². The molecule has 1 aliphatic heterocycles. The molecular formula is C7H11BrN2O2. The maximum atomic E-state index is 11.1. The predicted octanol–water partition coefficient (Wildman–Crippen LogP) is 0.569. The van der Waals surface area contributed by atoms with Crippen molar-refractivity contribution < 1.29 is 9.59 Å². The van der Waals surface area contributed by atoms with Crippen molar-refractivity contribution in [3.05, 3.63) is 0 Å². The molecule has 1 fully saturated rings. The Bertz CT molecular complexity index is 192. The lowest BCUT2D eigenvalue weighted by atomic mass is 10.2. The number of nitrogens with zero attached hydrogens (tertiary/aromatic N) is 1. The summed E-state index contributed by atoms with van der Waals surface area (Å²) in [6.45, 7) is 2.62. The van der Waals surface area contributed by atoms with Gasteiger partial charge in [0.05, 0.1) is 6.54 Å². The van der Waals surface area contributed by atoms with E-state index in [1.54, 1.807) is 0 Å². The number of imide groups is 1. The van der Waals surface area contributed by atoms with Crippen molar-refractivity contribution in [3.63, 3.8) is 0 Å². The number of urea groups is 1. The minimum atomic E-state index is -0.271. The van der Waals surface area contributed by atoms with Crippen LogP contribution in [0.4, 0.5) is 4.79 Å². The van der Waals surface area contributed by atoms with Crippen LogP contribution in [0.3, 0.4) is 0 Å². The molecule has 1 atom stereocenters. The zero-order chi connectivity index (χ0) is 9.14. The maximum absolute atomic E-state index is 11.1. The van der Waals surface area contributed by atoms with Gasteiger partial charge in [-0.1, -0.05) is 22.9 Å². The van der Waals surface area contributed by atoms with Crippen LogP contribution in [0, 0.1) is 5.92 Å². The Morgan fingerprint density at radius 2 is 2.33 bits per heavy atom. The molecule has 0 saturated carbocycles. The fraction of sp³-hybridized carbons (Fsp3) is 0.714. The summed E-state index contributed by atoms with van der Waals surface area (Å²) in [6, 6.07) is -0.271. The van der Waals surface area contributed by atoms with Gasteiger partial charge in [0.2, 0.25) is 5.91 Å². The zero-order valence-electron chi connectivity index (χ0n) is 6.84. The lowest BCUT2D eigenvalue weighted by Gasteiger charge is -2.15. The molecule has 12 heavy (non-hydrogen) atoms. The molecule has 1 aliphatic rings. The second kappa shape index (κ2) is 3.89. The van der Waals surface area contributed by atoms with E-state index in [4.69, 9.17) is 0 Å². The number of halogens is 1. The largest absolute Gasteiger partial charge is 0.329 e. The zero-order valence-corrected chi connectivity index (χ0v) is 8.43. The van der Waals surface area contributed by atoms with E-state index in [1.807, 2.05) is 6.92 Å².